The Morgan fingerprint density at radius 1 is 1.19 bits per heavy atom. The van der Waals surface area contributed by atoms with Gasteiger partial charge in [0.25, 0.3) is 0 Å². The number of carbonyl (C=O) groups is 1. The van der Waals surface area contributed by atoms with Gasteiger partial charge in [-0.05, 0) is 26.0 Å². The fourth-order valence-electron chi connectivity index (χ4n) is 2.47. The number of pyridine rings is 1. The Bertz CT molecular complexity index is 1000. The van der Waals surface area contributed by atoms with Crippen molar-refractivity contribution in [2.45, 2.75) is 40.3 Å². The first-order chi connectivity index (χ1) is 12.5. The number of aryl methyl sites for hydroxylation is 2. The van der Waals surface area contributed by atoms with Crippen molar-refractivity contribution in [3.63, 3.8) is 0 Å². The van der Waals surface area contributed by atoms with Gasteiger partial charge in [-0.3, -0.25) is 10.1 Å². The molecule has 0 bridgehead atoms. The van der Waals surface area contributed by atoms with Gasteiger partial charge >= 0.3 is 6.18 Å². The molecule has 7 nitrogen and oxygen atoms in total. The number of rotatable bonds is 4. The molecule has 1 amide bonds. The Labute approximate surface area is 152 Å². The highest BCUT2D eigenvalue weighted by molar-refractivity contribution is 5.92. The van der Waals surface area contributed by atoms with E-state index in [4.69, 9.17) is 4.52 Å². The lowest BCUT2D eigenvalue weighted by Crippen LogP contribution is -2.36. The quantitative estimate of drug-likeness (QED) is 0.740. The zero-order valence-electron chi connectivity index (χ0n) is 15.2. The van der Waals surface area contributed by atoms with E-state index in [1.165, 1.54) is 4.57 Å². The summed E-state index contributed by atoms with van der Waals surface area (Å²) in [6.45, 7) is 5.45. The molecule has 27 heavy (non-hydrogen) atoms. The van der Waals surface area contributed by atoms with Crippen LogP contribution in [-0.4, -0.2) is 31.8 Å². The lowest BCUT2D eigenvalue weighted by Gasteiger charge is -2.26. The number of hydrogen-bond donors (Lipinski definition) is 1. The molecular weight excluding hydrogens is 363 g/mol. The Morgan fingerprint density at radius 2 is 1.89 bits per heavy atom. The molecule has 0 spiro atoms. The summed E-state index contributed by atoms with van der Waals surface area (Å²) in [5.41, 5.74) is -0.0199. The molecule has 10 heteroatoms. The number of nitrogens with one attached hydrogen (secondary N) is 1. The molecule has 0 aliphatic carbocycles. The van der Waals surface area contributed by atoms with Crippen LogP contribution in [0.25, 0.3) is 17.0 Å². The van der Waals surface area contributed by atoms with Crippen molar-refractivity contribution in [1.29, 1.82) is 0 Å². The van der Waals surface area contributed by atoms with Crippen LogP contribution in [0.15, 0.2) is 22.7 Å². The van der Waals surface area contributed by atoms with Crippen LogP contribution in [0, 0.1) is 19.3 Å². The molecule has 0 saturated heterocycles. The largest absolute Gasteiger partial charge is 0.394 e. The van der Waals surface area contributed by atoms with Gasteiger partial charge in [-0.1, -0.05) is 19.0 Å². The summed E-state index contributed by atoms with van der Waals surface area (Å²) in [5.74, 6) is -0.553. The summed E-state index contributed by atoms with van der Waals surface area (Å²) in [6.07, 6.45) is -5.26. The number of halogens is 3. The van der Waals surface area contributed by atoms with Crippen LogP contribution in [0.1, 0.15) is 31.7 Å². The van der Waals surface area contributed by atoms with Crippen LogP contribution < -0.4 is 5.32 Å². The minimum Gasteiger partial charge on any atom is -0.338 e. The molecule has 0 atom stereocenters. The summed E-state index contributed by atoms with van der Waals surface area (Å²) in [4.78, 5) is 20.9. The molecule has 0 fully saturated rings. The molecule has 3 aromatic rings. The molecule has 0 unspecified atom stereocenters. The van der Waals surface area contributed by atoms with Gasteiger partial charge in [0.1, 0.15) is 5.52 Å². The van der Waals surface area contributed by atoms with Crippen molar-refractivity contribution in [2.75, 3.05) is 5.32 Å². The number of carbonyl (C=O) groups excluding carboxylic acids is 1. The first-order valence-corrected chi connectivity index (χ1v) is 8.14. The van der Waals surface area contributed by atoms with E-state index in [1.54, 1.807) is 32.0 Å². The van der Waals surface area contributed by atoms with E-state index in [9.17, 15) is 18.0 Å². The number of imidazole rings is 1. The third-order valence-electron chi connectivity index (χ3n) is 4.10. The van der Waals surface area contributed by atoms with E-state index >= 15 is 0 Å². The number of nitrogens with zero attached hydrogens (tertiary/aromatic N) is 4. The number of hydrogen-bond acceptors (Lipinski definition) is 5. The van der Waals surface area contributed by atoms with Gasteiger partial charge in [-0.25, -0.2) is 14.5 Å². The van der Waals surface area contributed by atoms with E-state index in [1.807, 2.05) is 0 Å². The molecule has 3 aromatic heterocycles. The monoisotopic (exact) mass is 381 g/mol. The van der Waals surface area contributed by atoms with Crippen molar-refractivity contribution in [3.05, 3.63) is 29.6 Å². The second-order valence-electron chi connectivity index (χ2n) is 6.98. The number of anilines is 1. The highest BCUT2D eigenvalue weighted by Gasteiger charge is 2.48. The Balaban J connectivity index is 2.00. The summed E-state index contributed by atoms with van der Waals surface area (Å²) >= 11 is 0. The Morgan fingerprint density at radius 3 is 2.48 bits per heavy atom. The summed E-state index contributed by atoms with van der Waals surface area (Å²) in [5, 5.41) is 6.24. The normalized spacial score (nSPS) is 12.6. The Hall–Kier alpha value is -2.91. The van der Waals surface area contributed by atoms with Gasteiger partial charge in [-0.15, -0.1) is 0 Å². The van der Waals surface area contributed by atoms with Crippen LogP contribution in [-0.2, 0) is 4.79 Å². The van der Waals surface area contributed by atoms with E-state index < -0.39 is 23.9 Å². The smallest absolute Gasteiger partial charge is 0.338 e. The van der Waals surface area contributed by atoms with Crippen LogP contribution >= 0.6 is 0 Å². The van der Waals surface area contributed by atoms with Crippen molar-refractivity contribution >= 4 is 23.0 Å². The van der Waals surface area contributed by atoms with E-state index in [0.29, 0.717) is 22.6 Å². The molecule has 0 aliphatic rings. The number of aromatic nitrogens is 4. The van der Waals surface area contributed by atoms with Gasteiger partial charge in [0.2, 0.25) is 17.7 Å². The summed E-state index contributed by atoms with van der Waals surface area (Å²) in [7, 11) is 0. The number of fused-ring (bicyclic) bond motifs is 1. The summed E-state index contributed by atoms with van der Waals surface area (Å²) in [6, 6.07) is 5.05. The van der Waals surface area contributed by atoms with Crippen molar-refractivity contribution in [2.24, 2.45) is 5.41 Å². The van der Waals surface area contributed by atoms with Gasteiger partial charge < -0.3 is 4.52 Å². The molecule has 0 aromatic carbocycles. The Kier molecular flexibility index (Phi) is 4.44. The zero-order valence-corrected chi connectivity index (χ0v) is 15.2. The third-order valence-corrected chi connectivity index (χ3v) is 4.10. The predicted octanol–water partition coefficient (Wildman–Crippen LogP) is 3.94. The van der Waals surface area contributed by atoms with Gasteiger partial charge in [0, 0.05) is 18.2 Å². The lowest BCUT2D eigenvalue weighted by molar-refractivity contribution is -0.213. The second kappa shape index (κ2) is 6.36. The van der Waals surface area contributed by atoms with E-state index in [-0.39, 0.29) is 11.8 Å². The maximum atomic E-state index is 13.1. The van der Waals surface area contributed by atoms with E-state index in [2.05, 4.69) is 20.4 Å². The standard InChI is InChI=1S/C17H18F3N5O2/c1-9-5-6-11-14(21-9)25(13-7-10(2)24-27-13)15(22-11)23-12(26)8-16(3,4)17(18,19)20/h5-7H,8H2,1-4H3,(H,22,23,26). The van der Waals surface area contributed by atoms with Gasteiger partial charge in [-0.2, -0.15) is 13.2 Å². The predicted molar refractivity (Wildman–Crippen MR) is 91.5 cm³/mol. The molecule has 3 rings (SSSR count). The van der Waals surface area contributed by atoms with Gasteiger partial charge in [0.15, 0.2) is 5.65 Å². The third kappa shape index (κ3) is 3.64. The first-order valence-electron chi connectivity index (χ1n) is 8.14. The molecule has 144 valence electrons. The fraction of sp³-hybridized carbons (Fsp3) is 0.412. The topological polar surface area (TPSA) is 85.8 Å². The van der Waals surface area contributed by atoms with Crippen molar-refractivity contribution in [3.8, 4) is 5.88 Å². The minimum atomic E-state index is -4.51. The fourth-order valence-corrected chi connectivity index (χ4v) is 2.47. The average Bonchev–Trinajstić information content (AvgIpc) is 3.08. The maximum Gasteiger partial charge on any atom is 0.394 e. The van der Waals surface area contributed by atoms with Crippen LogP contribution in [0.3, 0.4) is 0 Å². The average molecular weight is 381 g/mol. The summed E-state index contributed by atoms with van der Waals surface area (Å²) < 4.78 is 45.8. The SMILES string of the molecule is Cc1cc(-n2c(NC(=O)CC(C)(C)C(F)(F)F)nc3ccc(C)nc32)on1. The maximum absolute atomic E-state index is 13.1. The molecule has 0 radical (unpaired) electrons. The molecule has 0 aliphatic heterocycles. The molecule has 0 saturated carbocycles. The van der Waals surface area contributed by atoms with Crippen LogP contribution in [0.5, 0.6) is 0 Å². The molecular formula is C17H18F3N5O2. The first kappa shape index (κ1) is 18.9. The number of amides is 1. The van der Waals surface area contributed by atoms with Crippen LogP contribution in [0.2, 0.25) is 0 Å². The van der Waals surface area contributed by atoms with Crippen molar-refractivity contribution in [1.82, 2.24) is 19.7 Å². The van der Waals surface area contributed by atoms with Crippen LogP contribution in [0.4, 0.5) is 19.1 Å². The lowest BCUT2D eigenvalue weighted by atomic mass is 9.88. The highest BCUT2D eigenvalue weighted by atomic mass is 19.4. The zero-order chi connectivity index (χ0) is 20.0. The minimum absolute atomic E-state index is 0.0159. The van der Waals surface area contributed by atoms with Crippen molar-refractivity contribution < 1.29 is 22.5 Å². The molecule has 3 heterocycles. The highest BCUT2D eigenvalue weighted by Crippen LogP contribution is 2.40. The van der Waals surface area contributed by atoms with E-state index in [0.717, 1.165) is 13.8 Å². The molecule has 1 N–H and O–H groups in total. The second-order valence-corrected chi connectivity index (χ2v) is 6.98. The number of alkyl halides is 3. The van der Waals surface area contributed by atoms with Gasteiger partial charge in [0.05, 0.1) is 11.1 Å².